The molecule has 0 saturated carbocycles. The van der Waals surface area contributed by atoms with E-state index in [2.05, 4.69) is 4.99 Å². The fourth-order valence-electron chi connectivity index (χ4n) is 0.892. The van der Waals surface area contributed by atoms with Gasteiger partial charge in [-0.05, 0) is 12.2 Å². The summed E-state index contributed by atoms with van der Waals surface area (Å²) in [5.41, 5.74) is 0. The van der Waals surface area contributed by atoms with Gasteiger partial charge in [0.25, 0.3) is 0 Å². The molecule has 0 amide bonds. The zero-order valence-corrected chi connectivity index (χ0v) is 6.82. The van der Waals surface area contributed by atoms with Gasteiger partial charge < -0.3 is 9.66 Å². The van der Waals surface area contributed by atoms with Gasteiger partial charge in [-0.25, -0.2) is 4.21 Å². The Balaban J connectivity index is 2.88. The van der Waals surface area contributed by atoms with Crippen molar-refractivity contribution >= 4 is 23.3 Å². The van der Waals surface area contributed by atoms with Crippen LogP contribution < -0.4 is 0 Å². The Labute approximate surface area is 71.1 Å². The van der Waals surface area contributed by atoms with Crippen LogP contribution in [-0.4, -0.2) is 30.9 Å². The highest BCUT2D eigenvalue weighted by molar-refractivity contribution is 7.81. The van der Waals surface area contributed by atoms with Crippen molar-refractivity contribution in [2.75, 3.05) is 0 Å². The molecule has 0 spiro atoms. The second-order valence-electron chi connectivity index (χ2n) is 2.30. The highest BCUT2D eigenvalue weighted by Crippen LogP contribution is 2.24. The summed E-state index contributed by atoms with van der Waals surface area (Å²) in [4.78, 5) is 12.5. The number of carboxylic acids is 1. The zero-order valence-electron chi connectivity index (χ0n) is 6.01. The Bertz CT molecular complexity index is 271. The van der Waals surface area contributed by atoms with Crippen molar-refractivity contribution in [2.24, 2.45) is 4.99 Å². The largest absolute Gasteiger partial charge is 0.481 e. The minimum absolute atomic E-state index is 0.469. The maximum atomic E-state index is 10.7. The average Bonchev–Trinajstić information content (AvgIpc) is 2.35. The van der Waals surface area contributed by atoms with Crippen molar-refractivity contribution in [2.45, 2.75) is 11.3 Å². The van der Waals surface area contributed by atoms with E-state index in [9.17, 15) is 9.00 Å². The highest BCUT2D eigenvalue weighted by Gasteiger charge is 2.37. The Morgan fingerprint density at radius 2 is 2.33 bits per heavy atom. The molecule has 12 heavy (non-hydrogen) atoms. The van der Waals surface area contributed by atoms with E-state index in [0.717, 1.165) is 0 Å². The maximum Gasteiger partial charge on any atom is 0.307 e. The number of carboxylic acid groups (broad SMARTS) is 1. The zero-order chi connectivity index (χ0) is 9.19. The molecule has 0 saturated heterocycles. The van der Waals surface area contributed by atoms with Crippen molar-refractivity contribution in [3.05, 3.63) is 12.2 Å². The van der Waals surface area contributed by atoms with E-state index < -0.39 is 28.3 Å². The summed E-state index contributed by atoms with van der Waals surface area (Å²) in [7, 11) is 0. The third-order valence-electron chi connectivity index (χ3n) is 1.44. The Hall–Kier alpha value is -1.01. The van der Waals surface area contributed by atoms with Gasteiger partial charge in [0.1, 0.15) is 0 Å². The molecule has 0 aromatic heterocycles. The Kier molecular flexibility index (Phi) is 2.39. The van der Waals surface area contributed by atoms with Crippen LogP contribution in [0.1, 0.15) is 6.42 Å². The summed E-state index contributed by atoms with van der Waals surface area (Å²) >= 11 is -2.29. The second kappa shape index (κ2) is 3.16. The lowest BCUT2D eigenvalue weighted by atomic mass is 10.2. The molecule has 1 heterocycles. The van der Waals surface area contributed by atoms with Gasteiger partial charge >= 0.3 is 5.97 Å². The van der Waals surface area contributed by atoms with Crippen molar-refractivity contribution in [1.82, 2.24) is 0 Å². The molecule has 0 bridgehead atoms. The number of hydrogen-bond acceptors (Lipinski definition) is 3. The minimum Gasteiger partial charge on any atom is -0.481 e. The molecular weight excluding hydrogens is 182 g/mol. The Morgan fingerprint density at radius 1 is 1.67 bits per heavy atom. The van der Waals surface area contributed by atoms with Gasteiger partial charge in [-0.3, -0.25) is 9.79 Å². The summed E-state index contributed by atoms with van der Waals surface area (Å²) in [6.07, 6.45) is 3.62. The molecule has 0 radical (unpaired) electrons. The molecule has 1 rings (SSSR count). The molecule has 0 aromatic rings. The molecule has 6 heteroatoms. The number of hydrogen-bond donors (Lipinski definition) is 2. The minimum atomic E-state index is -2.29. The lowest BCUT2D eigenvalue weighted by molar-refractivity contribution is -0.137. The Morgan fingerprint density at radius 3 is 2.67 bits per heavy atom. The first-order chi connectivity index (χ1) is 5.57. The van der Waals surface area contributed by atoms with E-state index >= 15 is 0 Å². The van der Waals surface area contributed by atoms with Crippen molar-refractivity contribution in [3.63, 3.8) is 0 Å². The first-order valence-electron chi connectivity index (χ1n) is 3.13. The molecule has 0 aliphatic carbocycles. The number of rotatable bonds is 3. The van der Waals surface area contributed by atoms with Crippen molar-refractivity contribution < 1.29 is 18.7 Å². The van der Waals surface area contributed by atoms with Crippen LogP contribution >= 0.6 is 0 Å². The SMILES string of the molecule is O=C(O)CC1(S(=O)O)C=CC=N1. The molecule has 1 aliphatic rings. The second-order valence-corrected chi connectivity index (χ2v) is 3.51. The first kappa shape index (κ1) is 9.08. The van der Waals surface area contributed by atoms with Crippen molar-refractivity contribution in [1.29, 1.82) is 0 Å². The van der Waals surface area contributed by atoms with Crippen molar-refractivity contribution in [3.8, 4) is 0 Å². The van der Waals surface area contributed by atoms with Gasteiger partial charge in [-0.15, -0.1) is 0 Å². The van der Waals surface area contributed by atoms with Crippen LogP contribution in [0.25, 0.3) is 0 Å². The predicted molar refractivity (Wildman–Crippen MR) is 43.4 cm³/mol. The third kappa shape index (κ3) is 1.59. The lowest BCUT2D eigenvalue weighted by Crippen LogP contribution is -2.30. The van der Waals surface area contributed by atoms with Crippen LogP contribution in [-0.2, 0) is 15.9 Å². The predicted octanol–water partition coefficient (Wildman–Crippen LogP) is 0.0197. The highest BCUT2D eigenvalue weighted by atomic mass is 32.2. The maximum absolute atomic E-state index is 10.7. The summed E-state index contributed by atoms with van der Waals surface area (Å²) in [6, 6.07) is 0. The standard InChI is InChI=1S/C6H7NO4S/c8-5(9)4-6(12(10)11)2-1-3-7-6/h1-3H,4H2,(H,8,9)(H,10,11). The van der Waals surface area contributed by atoms with Crippen LogP contribution in [0.4, 0.5) is 0 Å². The van der Waals surface area contributed by atoms with Crippen LogP contribution in [0.15, 0.2) is 17.1 Å². The molecule has 0 aromatic carbocycles. The van der Waals surface area contributed by atoms with Crippen LogP contribution in [0, 0.1) is 0 Å². The molecule has 0 fully saturated rings. The average molecular weight is 189 g/mol. The summed E-state index contributed by atoms with van der Waals surface area (Å²) < 4.78 is 19.5. The van der Waals surface area contributed by atoms with Gasteiger partial charge in [0.05, 0.1) is 6.42 Å². The first-order valence-corrected chi connectivity index (χ1v) is 4.23. The quantitative estimate of drug-likeness (QED) is 0.612. The van der Waals surface area contributed by atoms with E-state index in [1.807, 2.05) is 0 Å². The van der Waals surface area contributed by atoms with Crippen LogP contribution in [0.2, 0.25) is 0 Å². The molecular formula is C6H7NO4S. The van der Waals surface area contributed by atoms with Crippen LogP contribution in [0.5, 0.6) is 0 Å². The van der Waals surface area contributed by atoms with Crippen LogP contribution in [0.3, 0.4) is 0 Å². The van der Waals surface area contributed by atoms with E-state index in [0.29, 0.717) is 0 Å². The fraction of sp³-hybridized carbons (Fsp3) is 0.333. The lowest BCUT2D eigenvalue weighted by Gasteiger charge is -2.16. The van der Waals surface area contributed by atoms with E-state index in [1.165, 1.54) is 18.4 Å². The molecule has 5 nitrogen and oxygen atoms in total. The van der Waals surface area contributed by atoms with E-state index in [4.69, 9.17) is 9.66 Å². The third-order valence-corrected chi connectivity index (χ3v) is 2.43. The normalized spacial score (nSPS) is 29.1. The van der Waals surface area contributed by atoms with Gasteiger partial charge in [0.2, 0.25) is 0 Å². The van der Waals surface area contributed by atoms with Gasteiger partial charge in [-0.2, -0.15) is 0 Å². The van der Waals surface area contributed by atoms with Gasteiger partial charge in [0.15, 0.2) is 16.0 Å². The van der Waals surface area contributed by atoms with E-state index in [-0.39, 0.29) is 0 Å². The molecule has 66 valence electrons. The molecule has 2 atom stereocenters. The molecule has 2 N–H and O–H groups in total. The van der Waals surface area contributed by atoms with Gasteiger partial charge in [-0.1, -0.05) is 0 Å². The molecule has 2 unspecified atom stereocenters. The number of nitrogens with zero attached hydrogens (tertiary/aromatic N) is 1. The topological polar surface area (TPSA) is 87.0 Å². The van der Waals surface area contributed by atoms with Gasteiger partial charge in [0, 0.05) is 6.21 Å². The summed E-state index contributed by atoms with van der Waals surface area (Å²) in [5, 5.41) is 8.43. The summed E-state index contributed by atoms with van der Waals surface area (Å²) in [5.74, 6) is -1.15. The summed E-state index contributed by atoms with van der Waals surface area (Å²) in [6.45, 7) is 0. The molecule has 1 aliphatic heterocycles. The number of allylic oxidation sites excluding steroid dienone is 1. The fourth-order valence-corrected chi connectivity index (χ4v) is 1.48. The number of carbonyl (C=O) groups is 1. The monoisotopic (exact) mass is 189 g/mol. The smallest absolute Gasteiger partial charge is 0.307 e. The van der Waals surface area contributed by atoms with E-state index in [1.54, 1.807) is 0 Å². The number of aliphatic carboxylic acids is 1. The number of aliphatic imine (C=N–C) groups is 1.